The fourth-order valence-corrected chi connectivity index (χ4v) is 7.03. The first-order chi connectivity index (χ1) is 21.8. The molecule has 2 aromatic heterocycles. The van der Waals surface area contributed by atoms with Crippen molar-refractivity contribution in [3.8, 4) is 39.6 Å². The van der Waals surface area contributed by atoms with Gasteiger partial charge < -0.3 is 0 Å². The van der Waals surface area contributed by atoms with E-state index in [1.807, 2.05) is 24.3 Å². The van der Waals surface area contributed by atoms with Crippen molar-refractivity contribution < 1.29 is 0 Å². The molecule has 3 nitrogen and oxygen atoms in total. The van der Waals surface area contributed by atoms with Gasteiger partial charge in [-0.2, -0.15) is 0 Å². The second kappa shape index (κ2) is 9.89. The first-order valence-electron chi connectivity index (χ1n) is 15.1. The molecule has 0 N–H and O–H groups in total. The molecule has 0 aliphatic heterocycles. The Bertz CT molecular complexity index is 2260. The molecular formula is C41H27N3. The summed E-state index contributed by atoms with van der Waals surface area (Å²) in [7, 11) is 0. The standard InChI is InChI=1S/C41H27N3/c1-4-14-27(15-5-1)34-26-37(43-41(42-34)29-18-8-3-9-19-29)44-35-23-13-12-22-33(35)39-36(44)25-24-32-30-20-10-11-21-31(30)38(40(32)39)28-16-6-2-7-17-28/h1-26,38H. The van der Waals surface area contributed by atoms with Gasteiger partial charge in [0.1, 0.15) is 5.82 Å². The predicted octanol–water partition coefficient (Wildman–Crippen LogP) is 10.1. The van der Waals surface area contributed by atoms with Gasteiger partial charge in [-0.3, -0.25) is 4.57 Å². The van der Waals surface area contributed by atoms with Crippen LogP contribution in [0, 0.1) is 0 Å². The third kappa shape index (κ3) is 3.76. The molecule has 1 aliphatic rings. The van der Waals surface area contributed by atoms with Crippen molar-refractivity contribution in [1.29, 1.82) is 0 Å². The third-order valence-electron chi connectivity index (χ3n) is 8.91. The van der Waals surface area contributed by atoms with E-state index in [0.29, 0.717) is 5.82 Å². The molecule has 0 bridgehead atoms. The summed E-state index contributed by atoms with van der Waals surface area (Å²) < 4.78 is 2.33. The first-order valence-corrected chi connectivity index (χ1v) is 15.1. The number of nitrogens with zero attached hydrogens (tertiary/aromatic N) is 3. The Balaban J connectivity index is 1.38. The lowest BCUT2D eigenvalue weighted by Crippen LogP contribution is -2.03. The molecular weight excluding hydrogens is 534 g/mol. The highest BCUT2D eigenvalue weighted by atomic mass is 15.1. The number of rotatable bonds is 4. The van der Waals surface area contributed by atoms with Crippen LogP contribution in [0.5, 0.6) is 0 Å². The molecule has 206 valence electrons. The van der Waals surface area contributed by atoms with Crippen LogP contribution in [0.15, 0.2) is 158 Å². The SMILES string of the molecule is c1ccc(-c2cc(-n3c4ccccc4c4c5c(ccc43)-c3ccccc3C5c3ccccc3)nc(-c3ccccc3)n2)cc1. The molecule has 0 fully saturated rings. The maximum absolute atomic E-state index is 5.23. The zero-order chi connectivity index (χ0) is 29.0. The number of hydrogen-bond acceptors (Lipinski definition) is 2. The highest BCUT2D eigenvalue weighted by molar-refractivity contribution is 6.14. The Morgan fingerprint density at radius 3 is 1.95 bits per heavy atom. The van der Waals surface area contributed by atoms with E-state index in [0.717, 1.165) is 33.7 Å². The van der Waals surface area contributed by atoms with Crippen LogP contribution in [0.4, 0.5) is 0 Å². The lowest BCUT2D eigenvalue weighted by atomic mass is 9.87. The molecule has 6 aromatic carbocycles. The van der Waals surface area contributed by atoms with Gasteiger partial charge >= 0.3 is 0 Å². The Hall–Kier alpha value is -5.80. The fourth-order valence-electron chi connectivity index (χ4n) is 7.03. The van der Waals surface area contributed by atoms with Crippen molar-refractivity contribution in [2.75, 3.05) is 0 Å². The monoisotopic (exact) mass is 561 g/mol. The summed E-state index contributed by atoms with van der Waals surface area (Å²) in [4.78, 5) is 10.3. The van der Waals surface area contributed by atoms with Crippen LogP contribution in [-0.2, 0) is 0 Å². The average Bonchev–Trinajstić information content (AvgIpc) is 3.62. The van der Waals surface area contributed by atoms with Crippen molar-refractivity contribution in [3.63, 3.8) is 0 Å². The smallest absolute Gasteiger partial charge is 0.162 e. The molecule has 0 saturated heterocycles. The molecule has 0 radical (unpaired) electrons. The second-order valence-electron chi connectivity index (χ2n) is 11.4. The minimum atomic E-state index is 0.149. The highest BCUT2D eigenvalue weighted by Crippen LogP contribution is 2.52. The minimum absolute atomic E-state index is 0.149. The fraction of sp³-hybridized carbons (Fsp3) is 0.0244. The van der Waals surface area contributed by atoms with Gasteiger partial charge in [-0.15, -0.1) is 0 Å². The summed E-state index contributed by atoms with van der Waals surface area (Å²) in [5, 5.41) is 2.51. The van der Waals surface area contributed by atoms with Gasteiger partial charge in [-0.1, -0.05) is 140 Å². The lowest BCUT2D eigenvalue weighted by molar-refractivity contribution is 1.02. The highest BCUT2D eigenvalue weighted by Gasteiger charge is 2.33. The number of fused-ring (bicyclic) bond motifs is 7. The van der Waals surface area contributed by atoms with Crippen LogP contribution in [0.25, 0.3) is 61.4 Å². The molecule has 0 amide bonds. The number of aromatic nitrogens is 3. The van der Waals surface area contributed by atoms with E-state index in [9.17, 15) is 0 Å². The van der Waals surface area contributed by atoms with Crippen LogP contribution < -0.4 is 0 Å². The molecule has 3 heteroatoms. The molecule has 44 heavy (non-hydrogen) atoms. The zero-order valence-corrected chi connectivity index (χ0v) is 23.9. The van der Waals surface area contributed by atoms with Crippen molar-refractivity contribution in [3.05, 3.63) is 174 Å². The summed E-state index contributed by atoms with van der Waals surface area (Å²) in [6.07, 6.45) is 0. The molecule has 0 saturated carbocycles. The van der Waals surface area contributed by atoms with E-state index in [1.165, 1.54) is 38.6 Å². The van der Waals surface area contributed by atoms with E-state index in [1.54, 1.807) is 0 Å². The summed E-state index contributed by atoms with van der Waals surface area (Å²) in [6, 6.07) is 55.9. The molecule has 0 spiro atoms. The largest absolute Gasteiger partial charge is 0.294 e. The number of para-hydroxylation sites is 1. The van der Waals surface area contributed by atoms with Gasteiger partial charge in [-0.25, -0.2) is 9.97 Å². The van der Waals surface area contributed by atoms with Crippen molar-refractivity contribution >= 4 is 21.8 Å². The van der Waals surface area contributed by atoms with Crippen LogP contribution in [0.2, 0.25) is 0 Å². The Morgan fingerprint density at radius 1 is 0.500 bits per heavy atom. The van der Waals surface area contributed by atoms with Crippen molar-refractivity contribution in [1.82, 2.24) is 14.5 Å². The van der Waals surface area contributed by atoms with Crippen molar-refractivity contribution in [2.45, 2.75) is 5.92 Å². The van der Waals surface area contributed by atoms with Crippen molar-refractivity contribution in [2.24, 2.45) is 0 Å². The van der Waals surface area contributed by atoms with Crippen LogP contribution in [0.1, 0.15) is 22.6 Å². The maximum atomic E-state index is 5.23. The second-order valence-corrected chi connectivity index (χ2v) is 11.4. The van der Waals surface area contributed by atoms with E-state index in [4.69, 9.17) is 9.97 Å². The lowest BCUT2D eigenvalue weighted by Gasteiger charge is -2.16. The van der Waals surface area contributed by atoms with Gasteiger partial charge in [0, 0.05) is 33.9 Å². The molecule has 1 unspecified atom stereocenters. The van der Waals surface area contributed by atoms with E-state index in [-0.39, 0.29) is 5.92 Å². The summed E-state index contributed by atoms with van der Waals surface area (Å²) in [5.74, 6) is 1.72. The average molecular weight is 562 g/mol. The van der Waals surface area contributed by atoms with Gasteiger partial charge in [-0.05, 0) is 39.9 Å². The third-order valence-corrected chi connectivity index (χ3v) is 8.91. The Labute approximate surface area is 255 Å². The number of benzene rings is 6. The quantitative estimate of drug-likeness (QED) is 0.214. The minimum Gasteiger partial charge on any atom is -0.294 e. The normalized spacial score (nSPS) is 13.7. The van der Waals surface area contributed by atoms with Gasteiger partial charge in [0.05, 0.1) is 16.7 Å². The van der Waals surface area contributed by atoms with Crippen LogP contribution >= 0.6 is 0 Å². The van der Waals surface area contributed by atoms with E-state index < -0.39 is 0 Å². The van der Waals surface area contributed by atoms with E-state index >= 15 is 0 Å². The maximum Gasteiger partial charge on any atom is 0.162 e. The Kier molecular flexibility index (Phi) is 5.57. The molecule has 9 rings (SSSR count). The van der Waals surface area contributed by atoms with E-state index in [2.05, 4.69) is 138 Å². The summed E-state index contributed by atoms with van der Waals surface area (Å²) >= 11 is 0. The number of hydrogen-bond donors (Lipinski definition) is 0. The van der Waals surface area contributed by atoms with Gasteiger partial charge in [0.25, 0.3) is 0 Å². The predicted molar refractivity (Wildman–Crippen MR) is 180 cm³/mol. The van der Waals surface area contributed by atoms with Gasteiger partial charge in [0.2, 0.25) is 0 Å². The molecule has 1 aliphatic carbocycles. The van der Waals surface area contributed by atoms with Crippen LogP contribution in [0.3, 0.4) is 0 Å². The topological polar surface area (TPSA) is 30.7 Å². The molecule has 8 aromatic rings. The Morgan fingerprint density at radius 2 is 1.16 bits per heavy atom. The zero-order valence-electron chi connectivity index (χ0n) is 23.9. The molecule has 2 heterocycles. The first kappa shape index (κ1) is 24.8. The summed E-state index contributed by atoms with van der Waals surface area (Å²) in [5.41, 5.74) is 11.9. The van der Waals surface area contributed by atoms with Crippen LogP contribution in [-0.4, -0.2) is 14.5 Å². The molecule has 1 atom stereocenters. The van der Waals surface area contributed by atoms with Gasteiger partial charge in [0.15, 0.2) is 5.82 Å². The summed E-state index contributed by atoms with van der Waals surface area (Å²) in [6.45, 7) is 0.